The quantitative estimate of drug-likeness (QED) is 0.887. The molecular formula is C18H24N2O. The number of hydrogen-bond acceptors (Lipinski definition) is 3. The molecule has 0 aliphatic carbocycles. The molecule has 0 radical (unpaired) electrons. The van der Waals surface area contributed by atoms with Crippen LogP contribution in [0.3, 0.4) is 0 Å². The average molecular weight is 284 g/mol. The van der Waals surface area contributed by atoms with Gasteiger partial charge in [0.05, 0.1) is 0 Å². The zero-order chi connectivity index (χ0) is 15.4. The summed E-state index contributed by atoms with van der Waals surface area (Å²) in [6.45, 7) is 9.19. The van der Waals surface area contributed by atoms with Gasteiger partial charge in [0.1, 0.15) is 5.75 Å². The number of nitrogens with zero attached hydrogens (tertiary/aromatic N) is 1. The van der Waals surface area contributed by atoms with E-state index in [0.717, 1.165) is 23.6 Å². The molecule has 1 heterocycles. The first-order valence-corrected chi connectivity index (χ1v) is 7.41. The topological polar surface area (TPSA) is 34.2 Å². The standard InChI is InChI=1S/C18H24N2O/c1-12(2)15-8-6-7-9-17(15)21-18-16(11-19-5)13(3)10-14(4)20-18/h6-10,12,19H,11H2,1-5H3. The van der Waals surface area contributed by atoms with Crippen LogP contribution in [0, 0.1) is 13.8 Å². The van der Waals surface area contributed by atoms with Crippen molar-refractivity contribution in [2.24, 2.45) is 0 Å². The summed E-state index contributed by atoms with van der Waals surface area (Å²) in [5.74, 6) is 2.01. The molecule has 3 heteroatoms. The molecule has 0 aliphatic heterocycles. The highest BCUT2D eigenvalue weighted by Crippen LogP contribution is 2.32. The van der Waals surface area contributed by atoms with Crippen molar-refractivity contribution < 1.29 is 4.74 Å². The van der Waals surface area contributed by atoms with Gasteiger partial charge in [-0.1, -0.05) is 32.0 Å². The van der Waals surface area contributed by atoms with Crippen molar-refractivity contribution in [3.63, 3.8) is 0 Å². The van der Waals surface area contributed by atoms with Crippen LogP contribution in [0.25, 0.3) is 0 Å². The van der Waals surface area contributed by atoms with Crippen molar-refractivity contribution >= 4 is 0 Å². The molecule has 0 fully saturated rings. The van der Waals surface area contributed by atoms with Gasteiger partial charge in [0.2, 0.25) is 5.88 Å². The molecule has 0 amide bonds. The summed E-state index contributed by atoms with van der Waals surface area (Å²) < 4.78 is 6.17. The predicted octanol–water partition coefficient (Wildman–Crippen LogP) is 4.33. The molecule has 1 aromatic carbocycles. The Morgan fingerprint density at radius 1 is 1.19 bits per heavy atom. The average Bonchev–Trinajstić information content (AvgIpc) is 2.43. The van der Waals surface area contributed by atoms with Crippen LogP contribution in [-0.2, 0) is 6.54 Å². The van der Waals surface area contributed by atoms with E-state index in [4.69, 9.17) is 4.74 Å². The zero-order valence-corrected chi connectivity index (χ0v) is 13.5. The number of aryl methyl sites for hydroxylation is 2. The third-order valence-electron chi connectivity index (χ3n) is 3.54. The number of hydrogen-bond donors (Lipinski definition) is 1. The summed E-state index contributed by atoms with van der Waals surface area (Å²) in [4.78, 5) is 4.59. The van der Waals surface area contributed by atoms with E-state index in [2.05, 4.69) is 43.2 Å². The fraction of sp³-hybridized carbons (Fsp3) is 0.389. The Bertz CT molecular complexity index is 621. The summed E-state index contributed by atoms with van der Waals surface area (Å²) in [6.07, 6.45) is 0. The second-order valence-corrected chi connectivity index (χ2v) is 5.69. The van der Waals surface area contributed by atoms with Crippen molar-refractivity contribution in [1.29, 1.82) is 0 Å². The summed E-state index contributed by atoms with van der Waals surface area (Å²) >= 11 is 0. The number of rotatable bonds is 5. The third-order valence-corrected chi connectivity index (χ3v) is 3.54. The number of ether oxygens (including phenoxy) is 1. The summed E-state index contributed by atoms with van der Waals surface area (Å²) in [5, 5.41) is 3.19. The minimum atomic E-state index is 0.417. The van der Waals surface area contributed by atoms with E-state index in [1.165, 1.54) is 11.1 Å². The van der Waals surface area contributed by atoms with Crippen LogP contribution in [0.15, 0.2) is 30.3 Å². The molecule has 0 bridgehead atoms. The second kappa shape index (κ2) is 6.72. The van der Waals surface area contributed by atoms with Crippen LogP contribution in [0.1, 0.15) is 42.1 Å². The van der Waals surface area contributed by atoms with Gasteiger partial charge in [0.15, 0.2) is 0 Å². The van der Waals surface area contributed by atoms with Gasteiger partial charge in [-0.3, -0.25) is 0 Å². The van der Waals surface area contributed by atoms with E-state index in [1.807, 2.05) is 32.2 Å². The van der Waals surface area contributed by atoms with Gasteiger partial charge in [-0.2, -0.15) is 0 Å². The lowest BCUT2D eigenvalue weighted by molar-refractivity contribution is 0.444. The van der Waals surface area contributed by atoms with E-state index in [1.54, 1.807) is 0 Å². The lowest BCUT2D eigenvalue weighted by atomic mass is 10.0. The first kappa shape index (κ1) is 15.5. The maximum Gasteiger partial charge on any atom is 0.224 e. The molecule has 0 saturated carbocycles. The Hall–Kier alpha value is -1.87. The number of nitrogens with one attached hydrogen (secondary N) is 1. The van der Waals surface area contributed by atoms with Gasteiger partial charge in [-0.05, 0) is 50.1 Å². The molecule has 0 saturated heterocycles. The maximum absolute atomic E-state index is 6.17. The molecule has 112 valence electrons. The number of pyridine rings is 1. The first-order valence-electron chi connectivity index (χ1n) is 7.41. The van der Waals surface area contributed by atoms with Gasteiger partial charge >= 0.3 is 0 Å². The highest BCUT2D eigenvalue weighted by Gasteiger charge is 2.13. The Kier molecular flexibility index (Phi) is 4.97. The van der Waals surface area contributed by atoms with Crippen molar-refractivity contribution in [1.82, 2.24) is 10.3 Å². The van der Waals surface area contributed by atoms with E-state index >= 15 is 0 Å². The second-order valence-electron chi connectivity index (χ2n) is 5.69. The van der Waals surface area contributed by atoms with Crippen molar-refractivity contribution in [2.45, 2.75) is 40.2 Å². The third kappa shape index (κ3) is 3.61. The largest absolute Gasteiger partial charge is 0.438 e. The van der Waals surface area contributed by atoms with Crippen LogP contribution in [0.4, 0.5) is 0 Å². The Labute approximate surface area is 127 Å². The Morgan fingerprint density at radius 2 is 1.90 bits per heavy atom. The number of para-hydroxylation sites is 1. The minimum absolute atomic E-state index is 0.417. The monoisotopic (exact) mass is 284 g/mol. The highest BCUT2D eigenvalue weighted by molar-refractivity contribution is 5.42. The smallest absolute Gasteiger partial charge is 0.224 e. The van der Waals surface area contributed by atoms with Crippen molar-refractivity contribution in [3.05, 3.63) is 52.7 Å². The Morgan fingerprint density at radius 3 is 2.57 bits per heavy atom. The molecule has 0 spiro atoms. The molecule has 21 heavy (non-hydrogen) atoms. The molecule has 3 nitrogen and oxygen atoms in total. The van der Waals surface area contributed by atoms with Crippen LogP contribution in [-0.4, -0.2) is 12.0 Å². The fourth-order valence-corrected chi connectivity index (χ4v) is 2.46. The molecule has 0 aliphatic rings. The van der Waals surface area contributed by atoms with E-state index in [9.17, 15) is 0 Å². The summed E-state index contributed by atoms with van der Waals surface area (Å²) in [6, 6.07) is 10.3. The lowest BCUT2D eigenvalue weighted by Crippen LogP contribution is -2.10. The van der Waals surface area contributed by atoms with Gasteiger partial charge in [0, 0.05) is 17.8 Å². The summed E-state index contributed by atoms with van der Waals surface area (Å²) in [5.41, 5.74) is 4.49. The predicted molar refractivity (Wildman–Crippen MR) is 87.1 cm³/mol. The van der Waals surface area contributed by atoms with Crippen molar-refractivity contribution in [3.8, 4) is 11.6 Å². The van der Waals surface area contributed by atoms with E-state index < -0.39 is 0 Å². The number of benzene rings is 1. The van der Waals surface area contributed by atoms with Crippen LogP contribution >= 0.6 is 0 Å². The minimum Gasteiger partial charge on any atom is -0.438 e. The van der Waals surface area contributed by atoms with Crippen LogP contribution < -0.4 is 10.1 Å². The first-order chi connectivity index (χ1) is 10.0. The molecule has 0 atom stereocenters. The van der Waals surface area contributed by atoms with Gasteiger partial charge in [-0.25, -0.2) is 4.98 Å². The van der Waals surface area contributed by atoms with Crippen LogP contribution in [0.5, 0.6) is 11.6 Å². The van der Waals surface area contributed by atoms with E-state index in [0.29, 0.717) is 11.8 Å². The SMILES string of the molecule is CNCc1c(C)cc(C)nc1Oc1ccccc1C(C)C. The zero-order valence-electron chi connectivity index (χ0n) is 13.5. The molecule has 1 N–H and O–H groups in total. The molecule has 2 aromatic rings. The highest BCUT2D eigenvalue weighted by atomic mass is 16.5. The lowest BCUT2D eigenvalue weighted by Gasteiger charge is -2.17. The molecule has 1 aromatic heterocycles. The van der Waals surface area contributed by atoms with E-state index in [-0.39, 0.29) is 0 Å². The molecular weight excluding hydrogens is 260 g/mol. The van der Waals surface area contributed by atoms with Crippen LogP contribution in [0.2, 0.25) is 0 Å². The molecule has 0 unspecified atom stereocenters. The normalized spacial score (nSPS) is 11.0. The maximum atomic E-state index is 6.17. The van der Waals surface area contributed by atoms with Gasteiger partial charge in [-0.15, -0.1) is 0 Å². The van der Waals surface area contributed by atoms with Gasteiger partial charge < -0.3 is 10.1 Å². The summed E-state index contributed by atoms with van der Waals surface area (Å²) in [7, 11) is 1.94. The Balaban J connectivity index is 2.44. The fourth-order valence-electron chi connectivity index (χ4n) is 2.46. The van der Waals surface area contributed by atoms with Gasteiger partial charge in [0.25, 0.3) is 0 Å². The molecule has 2 rings (SSSR count). The number of aromatic nitrogens is 1. The van der Waals surface area contributed by atoms with Crippen molar-refractivity contribution in [2.75, 3.05) is 7.05 Å².